The molecule has 0 aliphatic rings. The van der Waals surface area contributed by atoms with E-state index < -0.39 is 5.82 Å². The van der Waals surface area contributed by atoms with E-state index in [0.29, 0.717) is 5.56 Å². The SMILES string of the molecule is C=CC(=O)c1cc(C)c(F)cc1Cl. The van der Waals surface area contributed by atoms with E-state index in [1.165, 1.54) is 6.07 Å². The second-order valence-corrected chi connectivity index (χ2v) is 3.06. The molecule has 0 aromatic heterocycles. The van der Waals surface area contributed by atoms with Gasteiger partial charge in [-0.05, 0) is 30.7 Å². The van der Waals surface area contributed by atoms with Crippen molar-refractivity contribution in [1.29, 1.82) is 0 Å². The van der Waals surface area contributed by atoms with Crippen molar-refractivity contribution < 1.29 is 9.18 Å². The van der Waals surface area contributed by atoms with Crippen LogP contribution in [0.2, 0.25) is 5.02 Å². The summed E-state index contributed by atoms with van der Waals surface area (Å²) < 4.78 is 12.9. The summed E-state index contributed by atoms with van der Waals surface area (Å²) in [4.78, 5) is 11.2. The number of halogens is 2. The molecule has 0 aliphatic heterocycles. The summed E-state index contributed by atoms with van der Waals surface area (Å²) in [6.07, 6.45) is 1.15. The lowest BCUT2D eigenvalue weighted by Crippen LogP contribution is -1.97. The highest BCUT2D eigenvalue weighted by Crippen LogP contribution is 2.20. The first kappa shape index (κ1) is 9.93. The van der Waals surface area contributed by atoms with Gasteiger partial charge in [0.2, 0.25) is 0 Å². The molecule has 0 saturated carbocycles. The summed E-state index contributed by atoms with van der Waals surface area (Å²) in [6.45, 7) is 4.90. The normalized spacial score (nSPS) is 9.77. The molecule has 13 heavy (non-hydrogen) atoms. The van der Waals surface area contributed by atoms with Gasteiger partial charge in [0.15, 0.2) is 5.78 Å². The predicted molar refractivity (Wildman–Crippen MR) is 50.7 cm³/mol. The lowest BCUT2D eigenvalue weighted by atomic mass is 10.1. The van der Waals surface area contributed by atoms with E-state index in [2.05, 4.69) is 6.58 Å². The van der Waals surface area contributed by atoms with Gasteiger partial charge in [0.05, 0.1) is 5.02 Å². The molecule has 0 heterocycles. The molecule has 0 amide bonds. The van der Waals surface area contributed by atoms with E-state index in [1.54, 1.807) is 6.92 Å². The van der Waals surface area contributed by atoms with Gasteiger partial charge in [-0.1, -0.05) is 18.2 Å². The van der Waals surface area contributed by atoms with E-state index >= 15 is 0 Å². The van der Waals surface area contributed by atoms with Gasteiger partial charge >= 0.3 is 0 Å². The van der Waals surface area contributed by atoms with Gasteiger partial charge in [-0.2, -0.15) is 0 Å². The van der Waals surface area contributed by atoms with Crippen LogP contribution in [0.4, 0.5) is 4.39 Å². The summed E-state index contributed by atoms with van der Waals surface area (Å²) in [6, 6.07) is 2.55. The average Bonchev–Trinajstić information content (AvgIpc) is 2.10. The van der Waals surface area contributed by atoms with Gasteiger partial charge in [-0.3, -0.25) is 4.79 Å². The van der Waals surface area contributed by atoms with Crippen LogP contribution in [0.1, 0.15) is 15.9 Å². The van der Waals surface area contributed by atoms with Crippen molar-refractivity contribution in [2.24, 2.45) is 0 Å². The van der Waals surface area contributed by atoms with Crippen LogP contribution >= 0.6 is 11.6 Å². The van der Waals surface area contributed by atoms with Gasteiger partial charge in [0, 0.05) is 5.56 Å². The highest BCUT2D eigenvalue weighted by molar-refractivity contribution is 6.34. The number of rotatable bonds is 2. The van der Waals surface area contributed by atoms with Crippen molar-refractivity contribution in [2.75, 3.05) is 0 Å². The molecule has 0 spiro atoms. The first-order valence-corrected chi connectivity index (χ1v) is 4.06. The zero-order valence-electron chi connectivity index (χ0n) is 7.10. The molecule has 0 bridgehead atoms. The fourth-order valence-corrected chi connectivity index (χ4v) is 1.20. The largest absolute Gasteiger partial charge is 0.289 e. The molecule has 3 heteroatoms. The van der Waals surface area contributed by atoms with Crippen molar-refractivity contribution >= 4 is 17.4 Å². The molecule has 0 N–H and O–H groups in total. The monoisotopic (exact) mass is 198 g/mol. The fourth-order valence-electron chi connectivity index (χ4n) is 0.956. The highest BCUT2D eigenvalue weighted by atomic mass is 35.5. The number of carbonyl (C=O) groups is 1. The van der Waals surface area contributed by atoms with E-state index in [0.717, 1.165) is 12.1 Å². The average molecular weight is 199 g/mol. The molecule has 0 radical (unpaired) electrons. The van der Waals surface area contributed by atoms with Crippen molar-refractivity contribution in [1.82, 2.24) is 0 Å². The maximum absolute atomic E-state index is 12.9. The second kappa shape index (κ2) is 3.71. The van der Waals surface area contributed by atoms with Gasteiger partial charge < -0.3 is 0 Å². The van der Waals surface area contributed by atoms with Crippen molar-refractivity contribution in [3.05, 3.63) is 46.8 Å². The molecule has 0 fully saturated rings. The van der Waals surface area contributed by atoms with E-state index in [-0.39, 0.29) is 16.4 Å². The Balaban J connectivity index is 3.31. The topological polar surface area (TPSA) is 17.1 Å². The zero-order chi connectivity index (χ0) is 10.0. The summed E-state index contributed by atoms with van der Waals surface area (Å²) >= 11 is 5.67. The van der Waals surface area contributed by atoms with Crippen LogP contribution in [0.15, 0.2) is 24.8 Å². The molecule has 0 unspecified atom stereocenters. The summed E-state index contributed by atoms with van der Waals surface area (Å²) in [5.74, 6) is -0.710. The quantitative estimate of drug-likeness (QED) is 0.527. The fraction of sp³-hybridized carbons (Fsp3) is 0.100. The smallest absolute Gasteiger partial charge is 0.186 e. The van der Waals surface area contributed by atoms with Crippen molar-refractivity contribution in [3.63, 3.8) is 0 Å². The van der Waals surface area contributed by atoms with Crippen LogP contribution in [0.25, 0.3) is 0 Å². The molecule has 0 aliphatic carbocycles. The second-order valence-electron chi connectivity index (χ2n) is 2.65. The Kier molecular flexibility index (Phi) is 2.83. The van der Waals surface area contributed by atoms with Crippen LogP contribution in [0.3, 0.4) is 0 Å². The first-order chi connectivity index (χ1) is 6.06. The van der Waals surface area contributed by atoms with Crippen LogP contribution in [0, 0.1) is 12.7 Å². The maximum atomic E-state index is 12.9. The minimum atomic E-state index is -0.411. The minimum absolute atomic E-state index is 0.119. The summed E-state index contributed by atoms with van der Waals surface area (Å²) in [5, 5.41) is 0.119. The number of aryl methyl sites for hydroxylation is 1. The number of allylic oxidation sites excluding steroid dienone is 1. The van der Waals surface area contributed by atoms with E-state index in [9.17, 15) is 9.18 Å². The molecule has 1 nitrogen and oxygen atoms in total. The maximum Gasteiger partial charge on any atom is 0.186 e. The number of ketones is 1. The summed E-state index contributed by atoms with van der Waals surface area (Å²) in [7, 11) is 0. The first-order valence-electron chi connectivity index (χ1n) is 3.68. The lowest BCUT2D eigenvalue weighted by molar-refractivity contribution is 0.104. The Morgan fingerprint density at radius 3 is 2.77 bits per heavy atom. The molecular weight excluding hydrogens is 191 g/mol. The molecule has 0 saturated heterocycles. The molecule has 68 valence electrons. The number of hydrogen-bond acceptors (Lipinski definition) is 1. The molecule has 0 atom stereocenters. The third kappa shape index (κ3) is 1.95. The van der Waals surface area contributed by atoms with E-state index in [1.807, 2.05) is 0 Å². The van der Waals surface area contributed by atoms with E-state index in [4.69, 9.17) is 11.6 Å². The van der Waals surface area contributed by atoms with Gasteiger partial charge in [0.25, 0.3) is 0 Å². The Bertz CT molecular complexity index is 371. The lowest BCUT2D eigenvalue weighted by Gasteiger charge is -2.02. The summed E-state index contributed by atoms with van der Waals surface area (Å²) in [5.41, 5.74) is 0.685. The Morgan fingerprint density at radius 1 is 1.62 bits per heavy atom. The molecular formula is C10H8ClFO. The molecule has 1 aromatic carbocycles. The highest BCUT2D eigenvalue weighted by Gasteiger charge is 2.09. The van der Waals surface area contributed by atoms with Crippen molar-refractivity contribution in [3.8, 4) is 0 Å². The number of benzene rings is 1. The van der Waals surface area contributed by atoms with Crippen molar-refractivity contribution in [2.45, 2.75) is 6.92 Å². The number of carbonyl (C=O) groups excluding carboxylic acids is 1. The molecule has 1 aromatic rings. The van der Waals surface area contributed by atoms with Gasteiger partial charge in [0.1, 0.15) is 5.82 Å². The van der Waals surface area contributed by atoms with Crippen LogP contribution in [-0.2, 0) is 0 Å². The third-order valence-electron chi connectivity index (χ3n) is 1.70. The minimum Gasteiger partial charge on any atom is -0.289 e. The standard InChI is InChI=1S/C10H8ClFO/c1-3-10(13)7-4-6(2)9(12)5-8(7)11/h3-5H,1H2,2H3. The van der Waals surface area contributed by atoms with Gasteiger partial charge in [-0.25, -0.2) is 4.39 Å². The third-order valence-corrected chi connectivity index (χ3v) is 2.01. The molecule has 1 rings (SSSR count). The van der Waals surface area contributed by atoms with Crippen LogP contribution in [0.5, 0.6) is 0 Å². The van der Waals surface area contributed by atoms with Crippen LogP contribution < -0.4 is 0 Å². The zero-order valence-corrected chi connectivity index (χ0v) is 7.86. The Hall–Kier alpha value is -1.15. The Morgan fingerprint density at radius 2 is 2.23 bits per heavy atom. The predicted octanol–water partition coefficient (Wildman–Crippen LogP) is 3.16. The van der Waals surface area contributed by atoms with Gasteiger partial charge in [-0.15, -0.1) is 0 Å². The van der Waals surface area contributed by atoms with Crippen LogP contribution in [-0.4, -0.2) is 5.78 Å². The number of hydrogen-bond donors (Lipinski definition) is 0. The Labute approximate surface area is 80.8 Å².